The summed E-state index contributed by atoms with van der Waals surface area (Å²) in [6, 6.07) is 19.6. The van der Waals surface area contributed by atoms with Crippen LogP contribution >= 0.6 is 11.3 Å². The van der Waals surface area contributed by atoms with E-state index in [1.807, 2.05) is 41.8 Å². The van der Waals surface area contributed by atoms with Crippen LogP contribution < -0.4 is 5.32 Å². The molecule has 0 radical (unpaired) electrons. The first kappa shape index (κ1) is 20.6. The first-order valence-corrected chi connectivity index (χ1v) is 12.4. The number of fused-ring (bicyclic) bond motifs is 1. The maximum atomic E-state index is 13.2. The number of amides is 1. The molecule has 0 atom stereocenters. The molecule has 2 aromatic heterocycles. The molecule has 0 unspecified atom stereocenters. The number of hydrogen-bond donors (Lipinski definition) is 2. The second-order valence-electron chi connectivity index (χ2n) is 7.48. The molecule has 3 heterocycles. The Morgan fingerprint density at radius 1 is 1.03 bits per heavy atom. The molecule has 9 heteroatoms. The van der Waals surface area contributed by atoms with Crippen molar-refractivity contribution >= 4 is 33.1 Å². The highest BCUT2D eigenvalue weighted by atomic mass is 32.2. The second kappa shape index (κ2) is 8.34. The number of anilines is 1. The van der Waals surface area contributed by atoms with Crippen LogP contribution in [0.25, 0.3) is 10.6 Å². The Kier molecular flexibility index (Phi) is 5.38. The highest BCUT2D eigenvalue weighted by Gasteiger charge is 2.28. The van der Waals surface area contributed by atoms with Gasteiger partial charge in [-0.2, -0.15) is 9.40 Å². The van der Waals surface area contributed by atoms with E-state index in [1.165, 1.54) is 22.0 Å². The molecule has 1 aliphatic heterocycles. The first-order valence-electron chi connectivity index (χ1n) is 10.1. The summed E-state index contributed by atoms with van der Waals surface area (Å²) < 4.78 is 28.0. The van der Waals surface area contributed by atoms with E-state index in [2.05, 4.69) is 15.5 Å². The molecule has 2 N–H and O–H groups in total. The number of carbonyl (C=O) groups excluding carboxylic acids is 1. The summed E-state index contributed by atoms with van der Waals surface area (Å²) in [6.07, 6.45) is 0.668. The fourth-order valence-corrected chi connectivity index (χ4v) is 5.91. The Bertz CT molecular complexity index is 1380. The molecule has 0 saturated carbocycles. The van der Waals surface area contributed by atoms with Gasteiger partial charge in [-0.3, -0.25) is 9.89 Å². The van der Waals surface area contributed by atoms with Gasteiger partial charge in [0.2, 0.25) is 10.0 Å². The van der Waals surface area contributed by atoms with Gasteiger partial charge in [-0.1, -0.05) is 36.4 Å². The van der Waals surface area contributed by atoms with Crippen LogP contribution in [0.1, 0.15) is 21.5 Å². The number of aromatic amines is 1. The zero-order chi connectivity index (χ0) is 22.1. The number of sulfonamides is 1. The lowest BCUT2D eigenvalue weighted by Gasteiger charge is -2.28. The average Bonchev–Trinajstić information content (AvgIpc) is 3.51. The predicted molar refractivity (Wildman–Crippen MR) is 124 cm³/mol. The van der Waals surface area contributed by atoms with Crippen molar-refractivity contribution < 1.29 is 13.2 Å². The number of benzene rings is 2. The van der Waals surface area contributed by atoms with Gasteiger partial charge in [0.1, 0.15) is 0 Å². The third-order valence-electron chi connectivity index (χ3n) is 5.44. The normalized spacial score (nSPS) is 14.1. The SMILES string of the molecule is O=C(Nc1cc(-c2cccs2)[nH]n1)c1cccc(S(=O)(=O)N2CCc3ccccc3C2)c1. The smallest absolute Gasteiger partial charge is 0.256 e. The number of thiophene rings is 1. The van der Waals surface area contributed by atoms with E-state index in [4.69, 9.17) is 0 Å². The van der Waals surface area contributed by atoms with Gasteiger partial charge >= 0.3 is 0 Å². The van der Waals surface area contributed by atoms with E-state index in [0.29, 0.717) is 25.3 Å². The van der Waals surface area contributed by atoms with Crippen molar-refractivity contribution in [2.75, 3.05) is 11.9 Å². The van der Waals surface area contributed by atoms with Gasteiger partial charge in [-0.15, -0.1) is 11.3 Å². The standard InChI is InChI=1S/C23H20N4O3S2/c28-23(24-22-14-20(25-26-22)21-9-4-12-31-21)17-7-3-8-19(13-17)32(29,30)27-11-10-16-5-1-2-6-18(16)15-27/h1-9,12-14H,10-11,15H2,(H2,24,25,26,28). The fraction of sp³-hybridized carbons (Fsp3) is 0.130. The fourth-order valence-electron chi connectivity index (χ4n) is 3.75. The van der Waals surface area contributed by atoms with Crippen molar-refractivity contribution in [3.63, 3.8) is 0 Å². The molecule has 162 valence electrons. The number of carbonyl (C=O) groups is 1. The quantitative estimate of drug-likeness (QED) is 0.464. The van der Waals surface area contributed by atoms with Gasteiger partial charge in [0.15, 0.2) is 5.82 Å². The summed E-state index contributed by atoms with van der Waals surface area (Å²) in [5.74, 6) is -0.0467. The zero-order valence-corrected chi connectivity index (χ0v) is 18.6. The summed E-state index contributed by atoms with van der Waals surface area (Å²) in [6.45, 7) is 0.738. The van der Waals surface area contributed by atoms with Gasteiger partial charge in [0.05, 0.1) is 15.5 Å². The number of aromatic nitrogens is 2. The Labute approximate surface area is 189 Å². The van der Waals surface area contributed by atoms with Gasteiger partial charge in [-0.25, -0.2) is 8.42 Å². The minimum absolute atomic E-state index is 0.103. The average molecular weight is 465 g/mol. The number of H-pyrrole nitrogens is 1. The molecule has 2 aromatic carbocycles. The summed E-state index contributed by atoms with van der Waals surface area (Å²) in [7, 11) is -3.73. The molecule has 7 nitrogen and oxygen atoms in total. The zero-order valence-electron chi connectivity index (χ0n) is 17.0. The van der Waals surface area contributed by atoms with E-state index >= 15 is 0 Å². The highest BCUT2D eigenvalue weighted by Crippen LogP contribution is 2.26. The first-order chi connectivity index (χ1) is 15.5. The maximum absolute atomic E-state index is 13.2. The van der Waals surface area contributed by atoms with Crippen molar-refractivity contribution in [1.82, 2.24) is 14.5 Å². The van der Waals surface area contributed by atoms with Gasteiger partial charge in [0.25, 0.3) is 5.91 Å². The third kappa shape index (κ3) is 3.97. The molecule has 0 aliphatic carbocycles. The van der Waals surface area contributed by atoms with Crippen LogP contribution in [-0.2, 0) is 23.0 Å². The van der Waals surface area contributed by atoms with Crippen molar-refractivity contribution in [2.24, 2.45) is 0 Å². The molecule has 0 saturated heterocycles. The molecular weight excluding hydrogens is 444 g/mol. The topological polar surface area (TPSA) is 95.2 Å². The van der Waals surface area contributed by atoms with Crippen LogP contribution in [0.2, 0.25) is 0 Å². The lowest BCUT2D eigenvalue weighted by molar-refractivity contribution is 0.102. The van der Waals surface area contributed by atoms with E-state index < -0.39 is 15.9 Å². The summed E-state index contributed by atoms with van der Waals surface area (Å²) in [4.78, 5) is 13.9. The number of rotatable bonds is 5. The van der Waals surface area contributed by atoms with Crippen LogP contribution in [0, 0.1) is 0 Å². The van der Waals surface area contributed by atoms with Crippen molar-refractivity contribution in [1.29, 1.82) is 0 Å². The molecule has 32 heavy (non-hydrogen) atoms. The number of nitrogens with one attached hydrogen (secondary N) is 2. The van der Waals surface area contributed by atoms with E-state index in [-0.39, 0.29) is 10.5 Å². The molecule has 0 fully saturated rings. The van der Waals surface area contributed by atoms with Crippen LogP contribution in [0.3, 0.4) is 0 Å². The van der Waals surface area contributed by atoms with Crippen LogP contribution in [-0.4, -0.2) is 35.4 Å². The van der Waals surface area contributed by atoms with E-state index in [0.717, 1.165) is 16.1 Å². The van der Waals surface area contributed by atoms with Crippen molar-refractivity contribution in [2.45, 2.75) is 17.9 Å². The molecule has 5 rings (SSSR count). The Morgan fingerprint density at radius 2 is 1.88 bits per heavy atom. The van der Waals surface area contributed by atoms with Crippen LogP contribution in [0.5, 0.6) is 0 Å². The minimum Gasteiger partial charge on any atom is -0.305 e. The van der Waals surface area contributed by atoms with Crippen molar-refractivity contribution in [3.8, 4) is 10.6 Å². The Hall–Kier alpha value is -3.27. The number of nitrogens with zero attached hydrogens (tertiary/aromatic N) is 2. The minimum atomic E-state index is -3.73. The maximum Gasteiger partial charge on any atom is 0.256 e. The summed E-state index contributed by atoms with van der Waals surface area (Å²) >= 11 is 1.56. The Morgan fingerprint density at radius 3 is 2.69 bits per heavy atom. The van der Waals surface area contributed by atoms with Crippen molar-refractivity contribution in [3.05, 3.63) is 88.8 Å². The van der Waals surface area contributed by atoms with E-state index in [9.17, 15) is 13.2 Å². The lowest BCUT2D eigenvalue weighted by atomic mass is 10.0. The predicted octanol–water partition coefficient (Wildman–Crippen LogP) is 4.14. The lowest BCUT2D eigenvalue weighted by Crippen LogP contribution is -2.36. The summed E-state index contributed by atoms with van der Waals surface area (Å²) in [5, 5.41) is 11.7. The molecule has 0 spiro atoms. The highest BCUT2D eigenvalue weighted by molar-refractivity contribution is 7.89. The molecule has 1 aliphatic rings. The van der Waals surface area contributed by atoms with Crippen LogP contribution in [0.4, 0.5) is 5.82 Å². The monoisotopic (exact) mass is 464 g/mol. The molecular formula is C23H20N4O3S2. The third-order valence-corrected chi connectivity index (χ3v) is 8.18. The molecule has 1 amide bonds. The van der Waals surface area contributed by atoms with Gasteiger partial charge in [0, 0.05) is 24.7 Å². The summed E-state index contributed by atoms with van der Waals surface area (Å²) in [5.41, 5.74) is 3.24. The number of hydrogen-bond acceptors (Lipinski definition) is 5. The second-order valence-corrected chi connectivity index (χ2v) is 10.4. The van der Waals surface area contributed by atoms with E-state index in [1.54, 1.807) is 29.5 Å². The van der Waals surface area contributed by atoms with Gasteiger partial charge in [-0.05, 0) is 47.2 Å². The van der Waals surface area contributed by atoms with Crippen LogP contribution in [0.15, 0.2) is 77.0 Å². The molecule has 4 aromatic rings. The molecule has 0 bridgehead atoms. The largest absolute Gasteiger partial charge is 0.305 e. The van der Waals surface area contributed by atoms with Gasteiger partial charge < -0.3 is 5.32 Å². The Balaban J connectivity index is 1.34.